The van der Waals surface area contributed by atoms with Gasteiger partial charge in [-0.3, -0.25) is 14.3 Å². The summed E-state index contributed by atoms with van der Waals surface area (Å²) in [6.45, 7) is 3.89. The molecule has 5 N–H and O–H groups in total. The molecule has 0 bridgehead atoms. The molecule has 4 aromatic rings. The van der Waals surface area contributed by atoms with E-state index in [4.69, 9.17) is 10.3 Å². The SMILES string of the molecule is CC(C)n1nccc1Cc1c(F)c(F)c(O)c(F)c1-c1nc(NCc2ccc(C(=O)NC3CC(C(N)=O)C3)cc2)no1. The zero-order valence-electron chi connectivity index (χ0n) is 22.7. The van der Waals surface area contributed by atoms with Crippen molar-refractivity contribution in [3.05, 3.63) is 76.4 Å². The fraction of sp³-hybridized carbons (Fsp3) is 0.321. The minimum Gasteiger partial charge on any atom is -0.503 e. The van der Waals surface area contributed by atoms with E-state index in [1.807, 2.05) is 13.8 Å². The fourth-order valence-electron chi connectivity index (χ4n) is 4.80. The largest absolute Gasteiger partial charge is 0.503 e. The van der Waals surface area contributed by atoms with Crippen LogP contribution in [0.2, 0.25) is 0 Å². The Balaban J connectivity index is 1.29. The van der Waals surface area contributed by atoms with Crippen LogP contribution in [-0.2, 0) is 17.8 Å². The van der Waals surface area contributed by atoms with Crippen molar-refractivity contribution in [1.82, 2.24) is 25.2 Å². The van der Waals surface area contributed by atoms with Gasteiger partial charge in [-0.15, -0.1) is 0 Å². The second-order valence-electron chi connectivity index (χ2n) is 10.4. The Morgan fingerprint density at radius 3 is 2.50 bits per heavy atom. The summed E-state index contributed by atoms with van der Waals surface area (Å²) in [4.78, 5) is 27.7. The van der Waals surface area contributed by atoms with Crippen LogP contribution in [-0.4, -0.2) is 42.9 Å². The predicted molar refractivity (Wildman–Crippen MR) is 144 cm³/mol. The molecule has 2 aromatic carbocycles. The van der Waals surface area contributed by atoms with Crippen LogP contribution >= 0.6 is 0 Å². The number of nitrogens with zero attached hydrogens (tertiary/aromatic N) is 4. The van der Waals surface area contributed by atoms with Gasteiger partial charge < -0.3 is 26.0 Å². The minimum absolute atomic E-state index is 0.0670. The Morgan fingerprint density at radius 1 is 1.12 bits per heavy atom. The lowest BCUT2D eigenvalue weighted by molar-refractivity contribution is -0.124. The number of aromatic hydroxyl groups is 1. The molecule has 1 aliphatic carbocycles. The zero-order valence-corrected chi connectivity index (χ0v) is 22.7. The van der Waals surface area contributed by atoms with Crippen LogP contribution in [0.15, 0.2) is 41.1 Å². The Morgan fingerprint density at radius 2 is 1.83 bits per heavy atom. The molecule has 0 saturated heterocycles. The Labute approximate surface area is 237 Å². The van der Waals surface area contributed by atoms with Crippen LogP contribution in [0.25, 0.3) is 11.5 Å². The van der Waals surface area contributed by atoms with E-state index in [0.29, 0.717) is 24.1 Å². The molecule has 0 radical (unpaired) electrons. The summed E-state index contributed by atoms with van der Waals surface area (Å²) in [5.41, 5.74) is 5.94. The molecule has 0 atom stereocenters. The van der Waals surface area contributed by atoms with Crippen molar-refractivity contribution in [1.29, 1.82) is 0 Å². The van der Waals surface area contributed by atoms with Crippen molar-refractivity contribution in [2.24, 2.45) is 11.7 Å². The number of phenolic OH excluding ortho intramolecular Hbond substituents is 1. The van der Waals surface area contributed by atoms with Crippen LogP contribution in [0.3, 0.4) is 0 Å². The van der Waals surface area contributed by atoms with E-state index in [-0.39, 0.29) is 48.7 Å². The number of anilines is 1. The maximum Gasteiger partial charge on any atom is 0.264 e. The molecule has 2 aromatic heterocycles. The number of rotatable bonds is 10. The molecule has 1 aliphatic rings. The third kappa shape index (κ3) is 5.64. The number of hydrogen-bond donors (Lipinski definition) is 4. The van der Waals surface area contributed by atoms with E-state index in [1.54, 1.807) is 35.0 Å². The van der Waals surface area contributed by atoms with E-state index in [2.05, 4.69) is 25.9 Å². The first kappa shape index (κ1) is 28.6. The van der Waals surface area contributed by atoms with E-state index in [1.165, 1.54) is 6.20 Å². The minimum atomic E-state index is -1.72. The Hall–Kier alpha value is -4.88. The van der Waals surface area contributed by atoms with Gasteiger partial charge in [0.05, 0.1) is 5.56 Å². The molecule has 1 saturated carbocycles. The number of nitrogens with two attached hydrogens (primary N) is 1. The highest BCUT2D eigenvalue weighted by atomic mass is 19.2. The molecular weight excluding hydrogens is 555 g/mol. The van der Waals surface area contributed by atoms with Crippen LogP contribution in [0.4, 0.5) is 19.1 Å². The van der Waals surface area contributed by atoms with Crippen LogP contribution in [0.1, 0.15) is 59.9 Å². The topological polar surface area (TPSA) is 161 Å². The zero-order chi connectivity index (χ0) is 30.1. The summed E-state index contributed by atoms with van der Waals surface area (Å²) in [5.74, 6) is -7.47. The number of carbonyl (C=O) groups excluding carboxylic acids is 2. The first-order valence-corrected chi connectivity index (χ1v) is 13.2. The van der Waals surface area contributed by atoms with Gasteiger partial charge in [0.1, 0.15) is 0 Å². The van der Waals surface area contributed by atoms with Gasteiger partial charge in [0.2, 0.25) is 11.7 Å². The highest BCUT2D eigenvalue weighted by Crippen LogP contribution is 2.37. The van der Waals surface area contributed by atoms with Gasteiger partial charge in [-0.05, 0) is 55.6 Å². The average Bonchev–Trinajstić information content (AvgIpc) is 3.61. The number of hydrogen-bond acceptors (Lipinski definition) is 8. The summed E-state index contributed by atoms with van der Waals surface area (Å²) in [7, 11) is 0. The normalized spacial score (nSPS) is 16.3. The summed E-state index contributed by atoms with van der Waals surface area (Å²) >= 11 is 0. The molecule has 11 nitrogen and oxygen atoms in total. The molecule has 5 rings (SSSR count). The third-order valence-corrected chi connectivity index (χ3v) is 7.18. The van der Waals surface area contributed by atoms with Gasteiger partial charge in [0.15, 0.2) is 17.4 Å². The van der Waals surface area contributed by atoms with Crippen LogP contribution < -0.4 is 16.4 Å². The molecule has 14 heteroatoms. The molecule has 2 amide bonds. The van der Waals surface area contributed by atoms with E-state index >= 15 is 8.78 Å². The smallest absolute Gasteiger partial charge is 0.264 e. The summed E-state index contributed by atoms with van der Waals surface area (Å²) < 4.78 is 51.2. The first-order chi connectivity index (χ1) is 20.0. The van der Waals surface area contributed by atoms with E-state index in [0.717, 1.165) is 5.56 Å². The monoisotopic (exact) mass is 583 g/mol. The lowest BCUT2D eigenvalue weighted by Crippen LogP contribution is -2.48. The molecular formula is C28H28F3N7O4. The molecule has 42 heavy (non-hydrogen) atoms. The summed E-state index contributed by atoms with van der Waals surface area (Å²) in [6, 6.07) is 8.07. The highest BCUT2D eigenvalue weighted by molar-refractivity contribution is 5.94. The second kappa shape index (κ2) is 11.5. The second-order valence-corrected chi connectivity index (χ2v) is 10.4. The first-order valence-electron chi connectivity index (χ1n) is 13.2. The molecule has 1 fully saturated rings. The number of primary amides is 1. The summed E-state index contributed by atoms with van der Waals surface area (Å²) in [6.07, 6.45) is 2.27. The average molecular weight is 584 g/mol. The number of carbonyl (C=O) groups is 2. The van der Waals surface area contributed by atoms with Gasteiger partial charge in [-0.1, -0.05) is 12.1 Å². The fourth-order valence-corrected chi connectivity index (χ4v) is 4.80. The standard InChI is InChI=1S/C28H28F3N7O4/c1-13(2)38-18(7-8-34-38)11-19-20(22(30)24(39)23(31)21(19)29)27-36-28(37-42-27)33-12-14-3-5-15(6-4-14)26(41)35-17-9-16(10-17)25(32)40/h3-8,13,16-17,39H,9-12H2,1-2H3,(H2,32,40)(H,33,37)(H,35,41). The van der Waals surface area contributed by atoms with Crippen molar-refractivity contribution in [2.75, 3.05) is 5.32 Å². The maximum atomic E-state index is 15.1. The van der Waals surface area contributed by atoms with Gasteiger partial charge in [-0.2, -0.15) is 14.5 Å². The molecule has 2 heterocycles. The van der Waals surface area contributed by atoms with Gasteiger partial charge in [-0.25, -0.2) is 8.78 Å². The van der Waals surface area contributed by atoms with Crippen LogP contribution in [0, 0.1) is 23.4 Å². The molecule has 0 unspecified atom stereocenters. The number of phenols is 1. The number of amides is 2. The number of aromatic nitrogens is 4. The highest BCUT2D eigenvalue weighted by Gasteiger charge is 2.34. The lowest BCUT2D eigenvalue weighted by atomic mass is 9.80. The quantitative estimate of drug-likeness (QED) is 0.205. The van der Waals surface area contributed by atoms with Gasteiger partial charge >= 0.3 is 0 Å². The number of nitrogens with one attached hydrogen (secondary N) is 2. The van der Waals surface area contributed by atoms with Crippen molar-refractivity contribution in [3.8, 4) is 17.2 Å². The molecule has 220 valence electrons. The third-order valence-electron chi connectivity index (χ3n) is 7.18. The number of halogens is 3. The van der Waals surface area contributed by atoms with Crippen LogP contribution in [0.5, 0.6) is 5.75 Å². The molecule has 0 spiro atoms. The Bertz CT molecular complexity index is 1630. The predicted octanol–water partition coefficient (Wildman–Crippen LogP) is 3.83. The van der Waals surface area contributed by atoms with Gasteiger partial charge in [0, 0.05) is 54.0 Å². The maximum absolute atomic E-state index is 15.1. The molecule has 0 aliphatic heterocycles. The van der Waals surface area contributed by atoms with Crippen molar-refractivity contribution in [3.63, 3.8) is 0 Å². The van der Waals surface area contributed by atoms with E-state index in [9.17, 15) is 19.1 Å². The van der Waals surface area contributed by atoms with Crippen molar-refractivity contribution >= 4 is 17.8 Å². The number of benzene rings is 2. The van der Waals surface area contributed by atoms with E-state index < -0.39 is 40.2 Å². The van der Waals surface area contributed by atoms with Crippen molar-refractivity contribution in [2.45, 2.75) is 51.7 Å². The van der Waals surface area contributed by atoms with Gasteiger partial charge in [0.25, 0.3) is 17.7 Å². The Kier molecular flexibility index (Phi) is 7.87. The van der Waals surface area contributed by atoms with Crippen molar-refractivity contribution < 1.29 is 32.4 Å². The lowest BCUT2D eigenvalue weighted by Gasteiger charge is -2.33. The summed E-state index contributed by atoms with van der Waals surface area (Å²) in [5, 5.41) is 23.5.